The van der Waals surface area contributed by atoms with Crippen LogP contribution in [-0.4, -0.2) is 18.7 Å². The van der Waals surface area contributed by atoms with Gasteiger partial charge in [-0.3, -0.25) is 0 Å². The van der Waals surface area contributed by atoms with Crippen molar-refractivity contribution in [3.63, 3.8) is 0 Å². The topological polar surface area (TPSA) is 78.9 Å². The van der Waals surface area contributed by atoms with Crippen LogP contribution in [0.2, 0.25) is 0 Å². The summed E-state index contributed by atoms with van der Waals surface area (Å²) in [6.45, 7) is 11.5. The second-order valence-electron chi connectivity index (χ2n) is 6.40. The molecule has 0 fully saturated rings. The monoisotopic (exact) mass is 376 g/mol. The smallest absolute Gasteiger partial charge is 0.247 e. The van der Waals surface area contributed by atoms with Crippen LogP contribution in [-0.2, 0) is 26.1 Å². The summed E-state index contributed by atoms with van der Waals surface area (Å²) in [5.41, 5.74) is -1.33. The fourth-order valence-electron chi connectivity index (χ4n) is 2.50. The Kier molecular flexibility index (Phi) is 6.68. The molecule has 26 heavy (non-hydrogen) atoms. The number of hydrogen-bond donors (Lipinski definition) is 0. The average molecular weight is 376 g/mol. The molecule has 0 bridgehead atoms. The van der Waals surface area contributed by atoms with E-state index < -0.39 is 17.1 Å². The summed E-state index contributed by atoms with van der Waals surface area (Å²) in [7, 11) is 0. The fraction of sp³-hybridized carbons (Fsp3) is 0.444. The lowest BCUT2D eigenvalue weighted by molar-refractivity contribution is 0.496. The zero-order valence-corrected chi connectivity index (χ0v) is 16.0. The number of aromatic nitrogens is 4. The third-order valence-electron chi connectivity index (χ3n) is 3.86. The van der Waals surface area contributed by atoms with Gasteiger partial charge in [-0.25, -0.2) is 33.1 Å². The van der Waals surface area contributed by atoms with Crippen LogP contribution in [0.15, 0.2) is 45.1 Å². The molecule has 0 aliphatic carbocycles. The third kappa shape index (κ3) is 4.37. The van der Waals surface area contributed by atoms with E-state index in [1.165, 1.54) is 23.5 Å². The molecule has 0 aromatic carbocycles. The first-order valence-corrected chi connectivity index (χ1v) is 9.36. The lowest BCUT2D eigenvalue weighted by Crippen LogP contribution is -2.54. The number of allylic oxidation sites excluding steroid dienone is 2. The van der Waals surface area contributed by atoms with E-state index in [1.54, 1.807) is 0 Å². The highest BCUT2D eigenvalue weighted by atomic mass is 32.1. The van der Waals surface area contributed by atoms with Gasteiger partial charge in [0, 0.05) is 5.38 Å². The molecule has 0 unspecified atom stereocenters. The number of hydrogen-bond acceptors (Lipinski definition) is 5. The number of rotatable bonds is 9. The van der Waals surface area contributed by atoms with Crippen molar-refractivity contribution < 1.29 is 0 Å². The van der Waals surface area contributed by atoms with Crippen molar-refractivity contribution in [2.45, 2.75) is 46.3 Å². The number of nitrogens with zero attached hydrogens (tertiary/aromatic N) is 4. The maximum Gasteiger partial charge on any atom is 0.336 e. The molecule has 8 heteroatoms. The first-order valence-electron chi connectivity index (χ1n) is 8.48. The summed E-state index contributed by atoms with van der Waals surface area (Å²) in [6.07, 6.45) is 4.79. The SMILES string of the molecule is C=CCn1c(=O)n(CC=C)c(=O)n(Cc2csc(CCC(C)C)n2)c1=O. The minimum absolute atomic E-state index is 0.0322. The van der Waals surface area contributed by atoms with E-state index in [0.29, 0.717) is 11.6 Å². The van der Waals surface area contributed by atoms with Crippen molar-refractivity contribution in [1.82, 2.24) is 18.7 Å². The van der Waals surface area contributed by atoms with E-state index in [2.05, 4.69) is 32.0 Å². The summed E-state index contributed by atoms with van der Waals surface area (Å²) >= 11 is 1.52. The van der Waals surface area contributed by atoms with Gasteiger partial charge in [0.05, 0.1) is 30.3 Å². The number of aryl methyl sites for hydroxylation is 1. The Balaban J connectivity index is 2.44. The van der Waals surface area contributed by atoms with Crippen LogP contribution in [0.1, 0.15) is 31.0 Å². The largest absolute Gasteiger partial charge is 0.336 e. The minimum Gasteiger partial charge on any atom is -0.247 e. The van der Waals surface area contributed by atoms with Crippen LogP contribution in [0, 0.1) is 5.92 Å². The van der Waals surface area contributed by atoms with Crippen LogP contribution in [0.25, 0.3) is 0 Å². The van der Waals surface area contributed by atoms with Gasteiger partial charge in [0.25, 0.3) is 0 Å². The highest BCUT2D eigenvalue weighted by Gasteiger charge is 2.15. The van der Waals surface area contributed by atoms with Crippen molar-refractivity contribution in [3.8, 4) is 0 Å². The van der Waals surface area contributed by atoms with Crippen molar-refractivity contribution in [1.29, 1.82) is 0 Å². The molecule has 0 atom stereocenters. The zero-order chi connectivity index (χ0) is 19.3. The van der Waals surface area contributed by atoms with Crippen LogP contribution in [0.5, 0.6) is 0 Å². The third-order valence-corrected chi connectivity index (χ3v) is 4.82. The molecule has 0 amide bonds. The Labute approximate surface area is 155 Å². The van der Waals surface area contributed by atoms with Crippen LogP contribution in [0.4, 0.5) is 0 Å². The summed E-state index contributed by atoms with van der Waals surface area (Å²) in [5, 5.41) is 2.83. The highest BCUT2D eigenvalue weighted by Crippen LogP contribution is 2.14. The maximum absolute atomic E-state index is 12.6. The molecular formula is C18H24N4O3S. The predicted octanol–water partition coefficient (Wildman–Crippen LogP) is 1.64. The molecular weight excluding hydrogens is 352 g/mol. The average Bonchev–Trinajstić information content (AvgIpc) is 3.05. The molecule has 7 nitrogen and oxygen atoms in total. The molecule has 0 N–H and O–H groups in total. The van der Waals surface area contributed by atoms with E-state index in [9.17, 15) is 14.4 Å². The lowest BCUT2D eigenvalue weighted by atomic mass is 10.1. The molecule has 0 saturated heterocycles. The fourth-order valence-corrected chi connectivity index (χ4v) is 3.30. The second kappa shape index (κ2) is 8.75. The van der Waals surface area contributed by atoms with E-state index >= 15 is 0 Å². The van der Waals surface area contributed by atoms with E-state index in [1.807, 2.05) is 5.38 Å². The molecule has 2 heterocycles. The number of thiazole rings is 1. The molecule has 2 aromatic heterocycles. The van der Waals surface area contributed by atoms with Gasteiger partial charge < -0.3 is 0 Å². The molecule has 0 aliphatic heterocycles. The molecule has 0 aliphatic rings. The van der Waals surface area contributed by atoms with E-state index in [0.717, 1.165) is 31.6 Å². The van der Waals surface area contributed by atoms with Crippen molar-refractivity contribution >= 4 is 11.3 Å². The Bertz CT molecular complexity index is 914. The van der Waals surface area contributed by atoms with Gasteiger partial charge in [-0.1, -0.05) is 26.0 Å². The van der Waals surface area contributed by atoms with Gasteiger partial charge >= 0.3 is 17.1 Å². The molecule has 0 radical (unpaired) electrons. The Morgan fingerprint density at radius 2 is 1.58 bits per heavy atom. The Morgan fingerprint density at radius 3 is 2.08 bits per heavy atom. The van der Waals surface area contributed by atoms with Gasteiger partial charge in [-0.15, -0.1) is 24.5 Å². The standard InChI is InChI=1S/C18H24N4O3S/c1-5-9-20-16(23)21(10-6-2)18(25)22(17(20)24)11-14-12-26-15(19-14)8-7-13(3)4/h5-6,12-13H,1-2,7-11H2,3-4H3. The first kappa shape index (κ1) is 19.8. The van der Waals surface area contributed by atoms with Crippen LogP contribution >= 0.6 is 11.3 Å². The highest BCUT2D eigenvalue weighted by molar-refractivity contribution is 7.09. The maximum atomic E-state index is 12.6. The van der Waals surface area contributed by atoms with E-state index in [-0.39, 0.29) is 19.6 Å². The summed E-state index contributed by atoms with van der Waals surface area (Å²) in [5.74, 6) is 0.582. The van der Waals surface area contributed by atoms with Crippen molar-refractivity contribution in [3.05, 3.63) is 72.8 Å². The second-order valence-corrected chi connectivity index (χ2v) is 7.34. The lowest BCUT2D eigenvalue weighted by Gasteiger charge is -2.11. The first-order chi connectivity index (χ1) is 12.4. The summed E-state index contributed by atoms with van der Waals surface area (Å²) in [4.78, 5) is 42.1. The Morgan fingerprint density at radius 1 is 1.04 bits per heavy atom. The van der Waals surface area contributed by atoms with Gasteiger partial charge in [-0.05, 0) is 18.8 Å². The summed E-state index contributed by atoms with van der Waals surface area (Å²) < 4.78 is 3.02. The molecule has 2 rings (SSSR count). The predicted molar refractivity (Wildman–Crippen MR) is 104 cm³/mol. The van der Waals surface area contributed by atoms with E-state index in [4.69, 9.17) is 0 Å². The van der Waals surface area contributed by atoms with Crippen LogP contribution < -0.4 is 17.1 Å². The van der Waals surface area contributed by atoms with Gasteiger partial charge in [0.15, 0.2) is 0 Å². The molecule has 2 aromatic rings. The Hall–Kier alpha value is -2.48. The van der Waals surface area contributed by atoms with Crippen molar-refractivity contribution in [2.75, 3.05) is 0 Å². The van der Waals surface area contributed by atoms with Gasteiger partial charge in [0.2, 0.25) is 0 Å². The zero-order valence-electron chi connectivity index (χ0n) is 15.2. The molecule has 0 spiro atoms. The van der Waals surface area contributed by atoms with Crippen LogP contribution in [0.3, 0.4) is 0 Å². The van der Waals surface area contributed by atoms with Gasteiger partial charge in [-0.2, -0.15) is 0 Å². The summed E-state index contributed by atoms with van der Waals surface area (Å²) in [6, 6.07) is 0. The minimum atomic E-state index is -0.660. The molecule has 140 valence electrons. The normalized spacial score (nSPS) is 11.0. The van der Waals surface area contributed by atoms with Gasteiger partial charge in [0.1, 0.15) is 0 Å². The quantitative estimate of drug-likeness (QED) is 0.623. The molecule has 0 saturated carbocycles. The van der Waals surface area contributed by atoms with Crippen molar-refractivity contribution in [2.24, 2.45) is 5.92 Å².